The highest BCUT2D eigenvalue weighted by molar-refractivity contribution is 5.89. The molecule has 0 aromatic heterocycles. The molecule has 0 bridgehead atoms. The fourth-order valence-electron chi connectivity index (χ4n) is 5.51. The van der Waals surface area contributed by atoms with Gasteiger partial charge in [-0.15, -0.1) is 0 Å². The highest BCUT2D eigenvalue weighted by Crippen LogP contribution is 2.56. The zero-order valence-corrected chi connectivity index (χ0v) is 17.5. The molecular weight excluding hydrogens is 368 g/mol. The molecular formula is C22H32N4O3. The van der Waals surface area contributed by atoms with Crippen molar-refractivity contribution in [2.75, 3.05) is 58.3 Å². The second kappa shape index (κ2) is 7.95. The lowest BCUT2D eigenvalue weighted by Gasteiger charge is -2.46. The molecule has 0 aliphatic carbocycles. The van der Waals surface area contributed by atoms with Gasteiger partial charge in [0.1, 0.15) is 0 Å². The van der Waals surface area contributed by atoms with E-state index in [0.29, 0.717) is 19.7 Å². The molecule has 158 valence electrons. The third kappa shape index (κ3) is 3.62. The Labute approximate surface area is 172 Å². The fourth-order valence-corrected chi connectivity index (χ4v) is 5.51. The van der Waals surface area contributed by atoms with Gasteiger partial charge in [-0.3, -0.25) is 9.69 Å². The van der Waals surface area contributed by atoms with Crippen molar-refractivity contribution in [3.63, 3.8) is 0 Å². The van der Waals surface area contributed by atoms with Gasteiger partial charge in [-0.05, 0) is 38.3 Å². The molecule has 2 N–H and O–H groups in total. The van der Waals surface area contributed by atoms with Crippen LogP contribution in [0.3, 0.4) is 0 Å². The van der Waals surface area contributed by atoms with Crippen molar-refractivity contribution in [1.82, 2.24) is 15.1 Å². The molecule has 3 aliphatic heterocycles. The summed E-state index contributed by atoms with van der Waals surface area (Å²) < 4.78 is 5.27. The minimum atomic E-state index is -0.319. The summed E-state index contributed by atoms with van der Waals surface area (Å²) in [7, 11) is 1.72. The molecule has 4 rings (SSSR count). The van der Waals surface area contributed by atoms with Crippen LogP contribution >= 0.6 is 0 Å². The van der Waals surface area contributed by atoms with Crippen LogP contribution < -0.4 is 10.6 Å². The predicted molar refractivity (Wildman–Crippen MR) is 112 cm³/mol. The number of carbonyl (C=O) groups is 2. The number of methoxy groups -OCH3 is 1. The molecule has 1 aromatic rings. The summed E-state index contributed by atoms with van der Waals surface area (Å²) in [5, 5.41) is 6.09. The Balaban J connectivity index is 1.44. The third-order valence-corrected chi connectivity index (χ3v) is 7.23. The second-order valence-corrected chi connectivity index (χ2v) is 8.86. The second-order valence-electron chi connectivity index (χ2n) is 8.86. The Morgan fingerprint density at radius 3 is 2.52 bits per heavy atom. The maximum absolute atomic E-state index is 12.9. The molecule has 3 heterocycles. The van der Waals surface area contributed by atoms with Gasteiger partial charge in [0, 0.05) is 57.5 Å². The number of nitrogens with one attached hydrogen (secondary N) is 2. The minimum absolute atomic E-state index is 0.0529. The Bertz CT molecular complexity index is 758. The van der Waals surface area contributed by atoms with Gasteiger partial charge in [-0.1, -0.05) is 17.7 Å². The minimum Gasteiger partial charge on any atom is -0.383 e. The summed E-state index contributed by atoms with van der Waals surface area (Å²) in [5.74, 6) is 0.204. The van der Waals surface area contributed by atoms with Crippen LogP contribution in [0.1, 0.15) is 24.8 Å². The van der Waals surface area contributed by atoms with E-state index in [1.54, 1.807) is 7.11 Å². The first-order valence-electron chi connectivity index (χ1n) is 10.6. The lowest BCUT2D eigenvalue weighted by atomic mass is 9.60. The molecule has 1 unspecified atom stereocenters. The van der Waals surface area contributed by atoms with Gasteiger partial charge in [0.05, 0.1) is 12.0 Å². The average Bonchev–Trinajstić information content (AvgIpc) is 3.24. The van der Waals surface area contributed by atoms with Crippen molar-refractivity contribution in [3.8, 4) is 0 Å². The lowest BCUT2D eigenvalue weighted by Crippen LogP contribution is -2.53. The van der Waals surface area contributed by atoms with Crippen LogP contribution in [-0.2, 0) is 9.53 Å². The third-order valence-electron chi connectivity index (χ3n) is 7.23. The van der Waals surface area contributed by atoms with E-state index in [4.69, 9.17) is 4.74 Å². The maximum atomic E-state index is 12.9. The summed E-state index contributed by atoms with van der Waals surface area (Å²) in [6.07, 6.45) is 2.63. The molecule has 1 atom stereocenters. The molecule has 0 saturated carbocycles. The first kappa shape index (κ1) is 20.2. The average molecular weight is 401 g/mol. The van der Waals surface area contributed by atoms with Crippen LogP contribution in [0.4, 0.5) is 10.5 Å². The number of ether oxygens (including phenoxy) is 1. The van der Waals surface area contributed by atoms with E-state index in [1.165, 1.54) is 5.56 Å². The predicted octanol–water partition coefficient (Wildman–Crippen LogP) is 2.08. The van der Waals surface area contributed by atoms with Crippen LogP contribution in [-0.4, -0.2) is 74.7 Å². The number of fused-ring (bicyclic) bond motifs is 1. The van der Waals surface area contributed by atoms with E-state index in [0.717, 1.165) is 51.1 Å². The highest BCUT2D eigenvalue weighted by Gasteiger charge is 2.63. The number of hydrogen-bond donors (Lipinski definition) is 2. The van der Waals surface area contributed by atoms with E-state index in [1.807, 2.05) is 36.1 Å². The quantitative estimate of drug-likeness (QED) is 0.812. The van der Waals surface area contributed by atoms with Crippen molar-refractivity contribution in [3.05, 3.63) is 29.8 Å². The molecule has 3 aliphatic rings. The summed E-state index contributed by atoms with van der Waals surface area (Å²) >= 11 is 0. The fraction of sp³-hybridized carbons (Fsp3) is 0.636. The zero-order valence-electron chi connectivity index (χ0n) is 17.5. The Kier molecular flexibility index (Phi) is 5.53. The summed E-state index contributed by atoms with van der Waals surface area (Å²) in [4.78, 5) is 29.9. The first-order valence-corrected chi connectivity index (χ1v) is 10.6. The first-order chi connectivity index (χ1) is 14.0. The van der Waals surface area contributed by atoms with E-state index >= 15 is 0 Å². The number of nitrogens with zero attached hydrogens (tertiary/aromatic N) is 2. The summed E-state index contributed by atoms with van der Waals surface area (Å²) in [6, 6.07) is 7.80. The van der Waals surface area contributed by atoms with Crippen LogP contribution in [0.5, 0.6) is 0 Å². The molecule has 0 radical (unpaired) electrons. The molecule has 7 nitrogen and oxygen atoms in total. The van der Waals surface area contributed by atoms with Crippen molar-refractivity contribution in [1.29, 1.82) is 0 Å². The van der Waals surface area contributed by atoms with Crippen LogP contribution in [0.2, 0.25) is 0 Å². The smallest absolute Gasteiger partial charge is 0.321 e. The van der Waals surface area contributed by atoms with Crippen molar-refractivity contribution in [2.24, 2.45) is 10.8 Å². The molecule has 2 spiro atoms. The number of hydrogen-bond acceptors (Lipinski definition) is 4. The van der Waals surface area contributed by atoms with Gasteiger partial charge in [0.2, 0.25) is 5.91 Å². The van der Waals surface area contributed by atoms with E-state index in [9.17, 15) is 9.59 Å². The van der Waals surface area contributed by atoms with E-state index in [2.05, 4.69) is 15.5 Å². The number of likely N-dealkylation sites (tertiary alicyclic amines) is 2. The molecule has 1 aromatic carbocycles. The highest BCUT2D eigenvalue weighted by atomic mass is 16.5. The molecule has 3 amide bonds. The zero-order chi connectivity index (χ0) is 20.5. The number of urea groups is 1. The van der Waals surface area contributed by atoms with Crippen molar-refractivity contribution in [2.45, 2.75) is 26.2 Å². The molecule has 3 fully saturated rings. The summed E-state index contributed by atoms with van der Waals surface area (Å²) in [5.41, 5.74) is 1.61. The molecule has 3 saturated heterocycles. The lowest BCUT2D eigenvalue weighted by molar-refractivity contribution is -0.133. The van der Waals surface area contributed by atoms with Crippen molar-refractivity contribution < 1.29 is 14.3 Å². The van der Waals surface area contributed by atoms with E-state index < -0.39 is 0 Å². The number of carbonyl (C=O) groups excluding carboxylic acids is 2. The monoisotopic (exact) mass is 400 g/mol. The van der Waals surface area contributed by atoms with Gasteiger partial charge in [0.25, 0.3) is 0 Å². The maximum Gasteiger partial charge on any atom is 0.321 e. The molecule has 29 heavy (non-hydrogen) atoms. The van der Waals surface area contributed by atoms with Gasteiger partial charge in [-0.2, -0.15) is 0 Å². The topological polar surface area (TPSA) is 73.9 Å². The van der Waals surface area contributed by atoms with E-state index in [-0.39, 0.29) is 22.8 Å². The number of anilines is 1. The van der Waals surface area contributed by atoms with Crippen molar-refractivity contribution >= 4 is 17.6 Å². The Hall–Kier alpha value is -2.12. The Morgan fingerprint density at radius 2 is 1.90 bits per heavy atom. The SMILES string of the molecule is COCCN1CC2(CCN(C(=O)Nc3ccc(C)cc3)CC2)C2(CCNC2=O)C1. The normalized spacial score (nSPS) is 26.3. The number of benzene rings is 1. The van der Waals surface area contributed by atoms with Crippen LogP contribution in [0, 0.1) is 17.8 Å². The number of piperidine rings is 1. The number of amides is 3. The number of rotatable bonds is 4. The summed E-state index contributed by atoms with van der Waals surface area (Å²) in [6.45, 7) is 7.41. The van der Waals surface area contributed by atoms with Gasteiger partial charge in [-0.25, -0.2) is 4.79 Å². The standard InChI is InChI=1S/C22H32N4O3/c1-17-3-5-18(6-4-17)24-20(28)26-11-8-21(9-12-26)15-25(13-14-29-2)16-22(21)7-10-23-19(22)27/h3-6H,7-16H2,1-2H3,(H,23,27)(H,24,28). The van der Waals surface area contributed by atoms with Crippen LogP contribution in [0.15, 0.2) is 24.3 Å². The van der Waals surface area contributed by atoms with Gasteiger partial charge in [0.15, 0.2) is 0 Å². The van der Waals surface area contributed by atoms with Gasteiger partial charge >= 0.3 is 6.03 Å². The Morgan fingerprint density at radius 1 is 1.17 bits per heavy atom. The van der Waals surface area contributed by atoms with Crippen LogP contribution in [0.25, 0.3) is 0 Å². The molecule has 7 heteroatoms. The van der Waals surface area contributed by atoms with Gasteiger partial charge < -0.3 is 20.3 Å². The largest absolute Gasteiger partial charge is 0.383 e. The number of aryl methyl sites for hydroxylation is 1.